The van der Waals surface area contributed by atoms with Gasteiger partial charge < -0.3 is 10.0 Å². The standard InChI is InChI=1S/C14H17NO2S/c1-10(11-5-6-11)15(2)14(17)13-12(4-3-8-16)7-9-18-13/h7,9-11,16H,5-6,8H2,1-2H3. The first-order valence-corrected chi connectivity index (χ1v) is 6.97. The minimum Gasteiger partial charge on any atom is -0.384 e. The van der Waals surface area contributed by atoms with Gasteiger partial charge in [0.15, 0.2) is 0 Å². The topological polar surface area (TPSA) is 40.5 Å². The fourth-order valence-corrected chi connectivity index (χ4v) is 2.78. The Bertz CT molecular complexity index is 493. The van der Waals surface area contributed by atoms with E-state index in [1.807, 2.05) is 23.4 Å². The van der Waals surface area contributed by atoms with Gasteiger partial charge in [-0.3, -0.25) is 4.79 Å². The molecule has 0 spiro atoms. The molecule has 1 aliphatic carbocycles. The molecule has 18 heavy (non-hydrogen) atoms. The molecular weight excluding hydrogens is 246 g/mol. The van der Waals surface area contributed by atoms with Crippen molar-refractivity contribution < 1.29 is 9.90 Å². The first-order chi connectivity index (χ1) is 8.65. The maximum atomic E-state index is 12.4. The molecule has 1 atom stereocenters. The third kappa shape index (κ3) is 2.74. The Labute approximate surface area is 111 Å². The number of hydrogen-bond acceptors (Lipinski definition) is 3. The van der Waals surface area contributed by atoms with Crippen LogP contribution in [0, 0.1) is 17.8 Å². The van der Waals surface area contributed by atoms with Crippen LogP contribution in [-0.2, 0) is 0 Å². The number of amides is 1. The van der Waals surface area contributed by atoms with Crippen LogP contribution < -0.4 is 0 Å². The van der Waals surface area contributed by atoms with E-state index in [0.29, 0.717) is 22.4 Å². The maximum absolute atomic E-state index is 12.4. The van der Waals surface area contributed by atoms with Crippen molar-refractivity contribution in [2.24, 2.45) is 5.92 Å². The molecule has 1 aromatic heterocycles. The minimum absolute atomic E-state index is 0.0339. The molecule has 1 N–H and O–H groups in total. The maximum Gasteiger partial charge on any atom is 0.265 e. The number of rotatable bonds is 3. The average Bonchev–Trinajstić information content (AvgIpc) is 3.12. The highest BCUT2D eigenvalue weighted by Gasteiger charge is 2.33. The minimum atomic E-state index is -0.183. The van der Waals surface area contributed by atoms with Gasteiger partial charge in [0.05, 0.1) is 0 Å². The Hall–Kier alpha value is -1.31. The predicted molar refractivity (Wildman–Crippen MR) is 72.6 cm³/mol. The Morgan fingerprint density at radius 3 is 3.00 bits per heavy atom. The molecule has 1 heterocycles. The quantitative estimate of drug-likeness (QED) is 0.847. The molecule has 96 valence electrons. The lowest BCUT2D eigenvalue weighted by Gasteiger charge is -2.24. The van der Waals surface area contributed by atoms with Crippen LogP contribution in [0.25, 0.3) is 0 Å². The molecule has 3 nitrogen and oxygen atoms in total. The molecule has 1 amide bonds. The number of nitrogens with zero attached hydrogens (tertiary/aromatic N) is 1. The van der Waals surface area contributed by atoms with Crippen LogP contribution in [0.2, 0.25) is 0 Å². The zero-order valence-corrected chi connectivity index (χ0v) is 11.5. The molecule has 2 rings (SSSR count). The average molecular weight is 263 g/mol. The van der Waals surface area contributed by atoms with E-state index in [2.05, 4.69) is 18.8 Å². The molecule has 1 unspecified atom stereocenters. The summed E-state index contributed by atoms with van der Waals surface area (Å²) in [5.41, 5.74) is 0.717. The lowest BCUT2D eigenvalue weighted by atomic mass is 10.1. The van der Waals surface area contributed by atoms with E-state index in [9.17, 15) is 4.79 Å². The van der Waals surface area contributed by atoms with Crippen LogP contribution >= 0.6 is 11.3 Å². The molecule has 1 saturated carbocycles. The van der Waals surface area contributed by atoms with Crippen LogP contribution in [0.4, 0.5) is 0 Å². The Morgan fingerprint density at radius 1 is 1.67 bits per heavy atom. The summed E-state index contributed by atoms with van der Waals surface area (Å²) in [5.74, 6) is 6.11. The van der Waals surface area contributed by atoms with Crippen molar-refractivity contribution in [3.05, 3.63) is 21.9 Å². The summed E-state index contributed by atoms with van der Waals surface area (Å²) < 4.78 is 0. The zero-order valence-electron chi connectivity index (χ0n) is 10.6. The van der Waals surface area contributed by atoms with Gasteiger partial charge in [0, 0.05) is 18.7 Å². The van der Waals surface area contributed by atoms with E-state index >= 15 is 0 Å². The van der Waals surface area contributed by atoms with Crippen molar-refractivity contribution >= 4 is 17.2 Å². The van der Waals surface area contributed by atoms with Gasteiger partial charge >= 0.3 is 0 Å². The molecule has 4 heteroatoms. The van der Waals surface area contributed by atoms with Gasteiger partial charge in [-0.2, -0.15) is 0 Å². The second-order valence-corrected chi connectivity index (χ2v) is 5.53. The number of thiophene rings is 1. The van der Waals surface area contributed by atoms with Crippen molar-refractivity contribution in [2.75, 3.05) is 13.7 Å². The first-order valence-electron chi connectivity index (χ1n) is 6.09. The van der Waals surface area contributed by atoms with Crippen molar-refractivity contribution in [2.45, 2.75) is 25.8 Å². The second-order valence-electron chi connectivity index (χ2n) is 4.62. The Balaban J connectivity index is 2.15. The smallest absolute Gasteiger partial charge is 0.265 e. The number of carbonyl (C=O) groups is 1. The third-order valence-corrected chi connectivity index (χ3v) is 4.30. The zero-order chi connectivity index (χ0) is 13.1. The van der Waals surface area contributed by atoms with Gasteiger partial charge in [-0.25, -0.2) is 0 Å². The van der Waals surface area contributed by atoms with Gasteiger partial charge in [-0.05, 0) is 37.1 Å². The molecule has 0 saturated heterocycles. The largest absolute Gasteiger partial charge is 0.384 e. The van der Waals surface area contributed by atoms with Gasteiger partial charge in [0.1, 0.15) is 11.5 Å². The van der Waals surface area contributed by atoms with E-state index in [4.69, 9.17) is 5.11 Å². The Morgan fingerprint density at radius 2 is 2.39 bits per heavy atom. The molecule has 0 aromatic carbocycles. The lowest BCUT2D eigenvalue weighted by molar-refractivity contribution is 0.0732. The summed E-state index contributed by atoms with van der Waals surface area (Å²) in [4.78, 5) is 14.9. The van der Waals surface area contributed by atoms with Crippen molar-refractivity contribution in [3.63, 3.8) is 0 Å². The summed E-state index contributed by atoms with van der Waals surface area (Å²) >= 11 is 1.41. The van der Waals surface area contributed by atoms with Gasteiger partial charge in [0.25, 0.3) is 5.91 Å². The molecule has 0 radical (unpaired) electrons. The molecule has 0 aliphatic heterocycles. The van der Waals surface area contributed by atoms with Crippen molar-refractivity contribution in [3.8, 4) is 11.8 Å². The SMILES string of the molecule is CC(C1CC1)N(C)C(=O)c1sccc1C#CCO. The van der Waals surface area contributed by atoms with Crippen LogP contribution in [0.1, 0.15) is 35.0 Å². The highest BCUT2D eigenvalue weighted by atomic mass is 32.1. The van der Waals surface area contributed by atoms with E-state index < -0.39 is 0 Å². The summed E-state index contributed by atoms with van der Waals surface area (Å²) in [5, 5.41) is 10.6. The predicted octanol–water partition coefficient (Wildman–Crippen LogP) is 1.96. The normalized spacial score (nSPS) is 15.7. The van der Waals surface area contributed by atoms with Crippen molar-refractivity contribution in [1.29, 1.82) is 0 Å². The molecular formula is C14H17NO2S. The van der Waals surface area contributed by atoms with E-state index in [-0.39, 0.29) is 12.5 Å². The van der Waals surface area contributed by atoms with Crippen LogP contribution in [0.15, 0.2) is 11.4 Å². The van der Waals surface area contributed by atoms with E-state index in [1.165, 1.54) is 24.2 Å². The molecule has 1 aromatic rings. The van der Waals surface area contributed by atoms with E-state index in [1.54, 1.807) is 0 Å². The highest BCUT2D eigenvalue weighted by molar-refractivity contribution is 7.12. The number of hydrogen-bond donors (Lipinski definition) is 1. The summed E-state index contributed by atoms with van der Waals surface area (Å²) in [6, 6.07) is 2.12. The summed E-state index contributed by atoms with van der Waals surface area (Å²) in [6.45, 7) is 1.92. The number of carbonyl (C=O) groups excluding carboxylic acids is 1. The second kappa shape index (κ2) is 5.55. The third-order valence-electron chi connectivity index (χ3n) is 3.40. The van der Waals surface area contributed by atoms with Gasteiger partial charge in [-0.15, -0.1) is 11.3 Å². The first kappa shape index (κ1) is 13.1. The monoisotopic (exact) mass is 263 g/mol. The van der Waals surface area contributed by atoms with Crippen LogP contribution in [0.3, 0.4) is 0 Å². The van der Waals surface area contributed by atoms with E-state index in [0.717, 1.165) is 0 Å². The fourth-order valence-electron chi connectivity index (χ4n) is 1.95. The van der Waals surface area contributed by atoms with Crippen LogP contribution in [0.5, 0.6) is 0 Å². The summed E-state index contributed by atoms with van der Waals surface area (Å²) in [7, 11) is 1.86. The van der Waals surface area contributed by atoms with Gasteiger partial charge in [-0.1, -0.05) is 11.8 Å². The number of aliphatic hydroxyl groups excluding tert-OH is 1. The van der Waals surface area contributed by atoms with Gasteiger partial charge in [0.2, 0.25) is 0 Å². The molecule has 1 aliphatic rings. The van der Waals surface area contributed by atoms with Crippen molar-refractivity contribution in [1.82, 2.24) is 4.90 Å². The number of aliphatic hydroxyl groups is 1. The Kier molecular flexibility index (Phi) is 4.05. The summed E-state index contributed by atoms with van der Waals surface area (Å²) in [6.07, 6.45) is 2.45. The molecule has 1 fully saturated rings. The fraction of sp³-hybridized carbons (Fsp3) is 0.500. The highest BCUT2D eigenvalue weighted by Crippen LogP contribution is 2.35. The van der Waals surface area contributed by atoms with Crippen LogP contribution in [-0.4, -0.2) is 35.6 Å². The lowest BCUT2D eigenvalue weighted by Crippen LogP contribution is -2.36. The molecule has 0 bridgehead atoms.